The van der Waals surface area contributed by atoms with Gasteiger partial charge in [-0.25, -0.2) is 0 Å². The largest absolute Gasteiger partial charge is 0.481 e. The SMILES string of the molecule is CSc1ccc(C(CC(=O)O)NC(=O)COC2CCCC2)cc1. The summed E-state index contributed by atoms with van der Waals surface area (Å²) in [6, 6.07) is 7.03. The molecular formula is C17H23NO4S. The molecule has 0 saturated heterocycles. The van der Waals surface area contributed by atoms with Crippen LogP contribution in [0.4, 0.5) is 0 Å². The zero-order chi connectivity index (χ0) is 16.7. The second kappa shape index (κ2) is 8.93. The highest BCUT2D eigenvalue weighted by atomic mass is 32.2. The summed E-state index contributed by atoms with van der Waals surface area (Å²) in [7, 11) is 0. The average Bonchev–Trinajstić information content (AvgIpc) is 3.05. The van der Waals surface area contributed by atoms with Crippen molar-refractivity contribution in [2.45, 2.75) is 49.1 Å². The van der Waals surface area contributed by atoms with Gasteiger partial charge < -0.3 is 15.2 Å². The lowest BCUT2D eigenvalue weighted by Gasteiger charge is -2.19. The number of rotatable bonds is 8. The van der Waals surface area contributed by atoms with Crippen LogP contribution in [-0.2, 0) is 14.3 Å². The summed E-state index contributed by atoms with van der Waals surface area (Å²) in [5.41, 5.74) is 0.791. The van der Waals surface area contributed by atoms with Crippen molar-refractivity contribution in [1.29, 1.82) is 0 Å². The van der Waals surface area contributed by atoms with Crippen molar-refractivity contribution in [3.63, 3.8) is 0 Å². The molecule has 0 radical (unpaired) electrons. The van der Waals surface area contributed by atoms with Crippen molar-refractivity contribution in [2.24, 2.45) is 0 Å². The maximum atomic E-state index is 12.1. The first-order valence-electron chi connectivity index (χ1n) is 7.85. The number of carbonyl (C=O) groups excluding carboxylic acids is 1. The van der Waals surface area contributed by atoms with Gasteiger partial charge in [-0.2, -0.15) is 0 Å². The molecule has 23 heavy (non-hydrogen) atoms. The lowest BCUT2D eigenvalue weighted by Crippen LogP contribution is -2.34. The highest BCUT2D eigenvalue weighted by Gasteiger charge is 2.20. The number of carboxylic acids is 1. The third-order valence-corrected chi connectivity index (χ3v) is 4.73. The van der Waals surface area contributed by atoms with Crippen LogP contribution in [0.25, 0.3) is 0 Å². The van der Waals surface area contributed by atoms with Gasteiger partial charge in [-0.15, -0.1) is 11.8 Å². The van der Waals surface area contributed by atoms with E-state index < -0.39 is 12.0 Å². The van der Waals surface area contributed by atoms with E-state index in [1.807, 2.05) is 30.5 Å². The predicted octanol–water partition coefficient (Wildman–Crippen LogP) is 3.00. The van der Waals surface area contributed by atoms with Crippen molar-refractivity contribution in [3.8, 4) is 0 Å². The molecule has 1 amide bonds. The van der Waals surface area contributed by atoms with Gasteiger partial charge in [0.1, 0.15) is 6.61 Å². The fraction of sp³-hybridized carbons (Fsp3) is 0.529. The minimum Gasteiger partial charge on any atom is -0.481 e. The van der Waals surface area contributed by atoms with Crippen LogP contribution in [-0.4, -0.2) is 35.9 Å². The summed E-state index contributed by atoms with van der Waals surface area (Å²) in [5.74, 6) is -1.21. The molecule has 1 aliphatic carbocycles. The van der Waals surface area contributed by atoms with Gasteiger partial charge in [0.05, 0.1) is 18.6 Å². The normalized spacial score (nSPS) is 16.2. The summed E-state index contributed by atoms with van der Waals surface area (Å²) in [6.07, 6.45) is 6.30. The van der Waals surface area contributed by atoms with Gasteiger partial charge in [-0.3, -0.25) is 9.59 Å². The topological polar surface area (TPSA) is 75.6 Å². The zero-order valence-corrected chi connectivity index (χ0v) is 14.1. The Kier molecular flexibility index (Phi) is 6.92. The van der Waals surface area contributed by atoms with Crippen molar-refractivity contribution in [3.05, 3.63) is 29.8 Å². The second-order valence-corrected chi connectivity index (χ2v) is 6.59. The number of carbonyl (C=O) groups is 2. The summed E-state index contributed by atoms with van der Waals surface area (Å²) in [4.78, 5) is 24.2. The summed E-state index contributed by atoms with van der Waals surface area (Å²) < 4.78 is 5.58. The summed E-state index contributed by atoms with van der Waals surface area (Å²) >= 11 is 1.62. The van der Waals surface area contributed by atoms with E-state index in [0.717, 1.165) is 36.1 Å². The van der Waals surface area contributed by atoms with Crippen molar-refractivity contribution in [2.75, 3.05) is 12.9 Å². The Hall–Kier alpha value is -1.53. The van der Waals surface area contributed by atoms with E-state index in [9.17, 15) is 9.59 Å². The molecule has 1 atom stereocenters. The molecule has 5 nitrogen and oxygen atoms in total. The molecule has 1 fully saturated rings. The first-order valence-corrected chi connectivity index (χ1v) is 9.07. The Morgan fingerprint density at radius 2 is 1.96 bits per heavy atom. The second-order valence-electron chi connectivity index (χ2n) is 5.71. The lowest BCUT2D eigenvalue weighted by molar-refractivity contribution is -0.138. The van der Waals surface area contributed by atoms with Crippen molar-refractivity contribution in [1.82, 2.24) is 5.32 Å². The summed E-state index contributed by atoms with van der Waals surface area (Å²) in [5, 5.41) is 11.8. The Labute approximate surface area is 140 Å². The van der Waals surface area contributed by atoms with Gasteiger partial charge in [-0.05, 0) is 36.8 Å². The van der Waals surface area contributed by atoms with Gasteiger partial charge in [-0.1, -0.05) is 25.0 Å². The van der Waals surface area contributed by atoms with Gasteiger partial charge >= 0.3 is 5.97 Å². The fourth-order valence-corrected chi connectivity index (χ4v) is 3.16. The van der Waals surface area contributed by atoms with Crippen LogP contribution < -0.4 is 5.32 Å². The fourth-order valence-electron chi connectivity index (χ4n) is 2.75. The van der Waals surface area contributed by atoms with E-state index in [1.165, 1.54) is 0 Å². The third kappa shape index (κ3) is 5.88. The molecule has 1 aromatic rings. The number of amides is 1. The molecule has 1 aromatic carbocycles. The van der Waals surface area contributed by atoms with E-state index in [0.29, 0.717) is 0 Å². The quantitative estimate of drug-likeness (QED) is 0.713. The minimum absolute atomic E-state index is 0.0102. The molecule has 0 bridgehead atoms. The van der Waals surface area contributed by atoms with Crippen LogP contribution in [0.1, 0.15) is 43.7 Å². The van der Waals surface area contributed by atoms with Crippen molar-refractivity contribution >= 4 is 23.6 Å². The van der Waals surface area contributed by atoms with Crippen LogP contribution in [0.3, 0.4) is 0 Å². The first-order chi connectivity index (χ1) is 11.1. The predicted molar refractivity (Wildman–Crippen MR) is 89.6 cm³/mol. The number of ether oxygens (including phenoxy) is 1. The van der Waals surface area contributed by atoms with Crippen LogP contribution in [0, 0.1) is 0 Å². The molecular weight excluding hydrogens is 314 g/mol. The van der Waals surface area contributed by atoms with Gasteiger partial charge in [0.2, 0.25) is 5.91 Å². The Bertz CT molecular complexity index is 526. The lowest BCUT2D eigenvalue weighted by atomic mass is 10.0. The zero-order valence-electron chi connectivity index (χ0n) is 13.3. The molecule has 2 N–H and O–H groups in total. The number of carboxylic acid groups (broad SMARTS) is 1. The van der Waals surface area contributed by atoms with E-state index >= 15 is 0 Å². The molecule has 1 unspecified atom stereocenters. The van der Waals surface area contributed by atoms with E-state index in [2.05, 4.69) is 5.32 Å². The number of hydrogen-bond donors (Lipinski definition) is 2. The molecule has 0 heterocycles. The molecule has 1 aliphatic rings. The average molecular weight is 337 g/mol. The van der Waals surface area contributed by atoms with Crippen LogP contribution in [0.5, 0.6) is 0 Å². The molecule has 1 saturated carbocycles. The van der Waals surface area contributed by atoms with Crippen LogP contribution in [0.15, 0.2) is 29.2 Å². The van der Waals surface area contributed by atoms with E-state index in [4.69, 9.17) is 9.84 Å². The highest BCUT2D eigenvalue weighted by Crippen LogP contribution is 2.22. The molecule has 0 spiro atoms. The van der Waals surface area contributed by atoms with Crippen LogP contribution >= 0.6 is 11.8 Å². The van der Waals surface area contributed by atoms with Gasteiger partial charge in [0, 0.05) is 4.90 Å². The molecule has 0 aromatic heterocycles. The first kappa shape index (κ1) is 17.8. The number of hydrogen-bond acceptors (Lipinski definition) is 4. The number of nitrogens with one attached hydrogen (secondary N) is 1. The summed E-state index contributed by atoms with van der Waals surface area (Å²) in [6.45, 7) is -0.0102. The Balaban J connectivity index is 1.93. The van der Waals surface area contributed by atoms with E-state index in [1.54, 1.807) is 11.8 Å². The minimum atomic E-state index is -0.944. The smallest absolute Gasteiger partial charge is 0.305 e. The monoisotopic (exact) mass is 337 g/mol. The molecule has 2 rings (SSSR count). The van der Waals surface area contributed by atoms with Crippen LogP contribution in [0.2, 0.25) is 0 Å². The maximum Gasteiger partial charge on any atom is 0.305 e. The molecule has 6 heteroatoms. The van der Waals surface area contributed by atoms with E-state index in [-0.39, 0.29) is 25.0 Å². The molecule has 126 valence electrons. The van der Waals surface area contributed by atoms with Gasteiger partial charge in [0.15, 0.2) is 0 Å². The Morgan fingerprint density at radius 3 is 2.52 bits per heavy atom. The standard InChI is InChI=1S/C17H23NO4S/c1-23-14-8-6-12(7-9-14)15(10-17(20)21)18-16(19)11-22-13-4-2-3-5-13/h6-9,13,15H,2-5,10-11H2,1H3,(H,18,19)(H,20,21). The maximum absolute atomic E-state index is 12.1. The molecule has 0 aliphatic heterocycles. The van der Waals surface area contributed by atoms with Gasteiger partial charge in [0.25, 0.3) is 0 Å². The Morgan fingerprint density at radius 1 is 1.30 bits per heavy atom. The van der Waals surface area contributed by atoms with Crippen molar-refractivity contribution < 1.29 is 19.4 Å². The third-order valence-electron chi connectivity index (χ3n) is 3.98. The number of benzene rings is 1. The number of thioether (sulfide) groups is 1. The highest BCUT2D eigenvalue weighted by molar-refractivity contribution is 7.98. The number of aliphatic carboxylic acids is 1.